The second-order valence-corrected chi connectivity index (χ2v) is 5.84. The van der Waals surface area contributed by atoms with Crippen molar-refractivity contribution in [2.45, 2.75) is 45.6 Å². The molecule has 1 aliphatic rings. The molecule has 0 saturated carbocycles. The van der Waals surface area contributed by atoms with Gasteiger partial charge in [-0.15, -0.1) is 0 Å². The minimum Gasteiger partial charge on any atom is -0.481 e. The summed E-state index contributed by atoms with van der Waals surface area (Å²) < 4.78 is 0. The highest BCUT2D eigenvalue weighted by atomic mass is 16.4. The first-order chi connectivity index (χ1) is 9.61. The highest BCUT2D eigenvalue weighted by molar-refractivity contribution is 5.70. The SMILES string of the molecule is CCC(Cc1ccccc1C)N1CCC(C(=O)O)CC1. The lowest BCUT2D eigenvalue weighted by Gasteiger charge is -2.36. The number of nitrogens with zero attached hydrogens (tertiary/aromatic N) is 1. The number of hydrogen-bond acceptors (Lipinski definition) is 2. The summed E-state index contributed by atoms with van der Waals surface area (Å²) >= 11 is 0. The predicted molar refractivity (Wildman–Crippen MR) is 80.9 cm³/mol. The molecule has 0 aromatic heterocycles. The van der Waals surface area contributed by atoms with Gasteiger partial charge in [0.2, 0.25) is 0 Å². The number of aliphatic carboxylic acids is 1. The van der Waals surface area contributed by atoms with E-state index in [-0.39, 0.29) is 5.92 Å². The summed E-state index contributed by atoms with van der Waals surface area (Å²) in [7, 11) is 0. The summed E-state index contributed by atoms with van der Waals surface area (Å²) in [6.07, 6.45) is 3.77. The number of piperidine rings is 1. The van der Waals surface area contributed by atoms with Gasteiger partial charge < -0.3 is 10.0 Å². The molecule has 2 rings (SSSR count). The summed E-state index contributed by atoms with van der Waals surface area (Å²) in [4.78, 5) is 13.5. The zero-order chi connectivity index (χ0) is 14.5. The van der Waals surface area contributed by atoms with Crippen molar-refractivity contribution < 1.29 is 9.90 Å². The van der Waals surface area contributed by atoms with Crippen LogP contribution in [0, 0.1) is 12.8 Å². The van der Waals surface area contributed by atoms with Gasteiger partial charge in [-0.25, -0.2) is 0 Å². The predicted octanol–water partition coefficient (Wildman–Crippen LogP) is 3.11. The van der Waals surface area contributed by atoms with Gasteiger partial charge in [0.05, 0.1) is 5.92 Å². The lowest BCUT2D eigenvalue weighted by Crippen LogP contribution is -2.43. The topological polar surface area (TPSA) is 40.5 Å². The van der Waals surface area contributed by atoms with Gasteiger partial charge in [0.1, 0.15) is 0 Å². The van der Waals surface area contributed by atoms with Crippen molar-refractivity contribution in [3.63, 3.8) is 0 Å². The average Bonchev–Trinajstić information content (AvgIpc) is 2.46. The fraction of sp³-hybridized carbons (Fsp3) is 0.588. The minimum atomic E-state index is -0.628. The van der Waals surface area contributed by atoms with Crippen LogP contribution in [0.25, 0.3) is 0 Å². The zero-order valence-electron chi connectivity index (χ0n) is 12.5. The van der Waals surface area contributed by atoms with E-state index in [9.17, 15) is 4.79 Å². The van der Waals surface area contributed by atoms with Crippen LogP contribution < -0.4 is 0 Å². The maximum atomic E-state index is 11.0. The Balaban J connectivity index is 1.96. The van der Waals surface area contributed by atoms with E-state index in [2.05, 4.69) is 43.0 Å². The van der Waals surface area contributed by atoms with Gasteiger partial charge in [-0.3, -0.25) is 4.79 Å². The Morgan fingerprint density at radius 1 is 1.35 bits per heavy atom. The largest absolute Gasteiger partial charge is 0.481 e. The van der Waals surface area contributed by atoms with E-state index in [1.54, 1.807) is 0 Å². The molecule has 1 saturated heterocycles. The maximum Gasteiger partial charge on any atom is 0.306 e. The smallest absolute Gasteiger partial charge is 0.306 e. The molecule has 0 spiro atoms. The lowest BCUT2D eigenvalue weighted by atomic mass is 9.93. The zero-order valence-corrected chi connectivity index (χ0v) is 12.5. The summed E-state index contributed by atoms with van der Waals surface area (Å²) in [6, 6.07) is 9.09. The third kappa shape index (κ3) is 3.60. The second kappa shape index (κ2) is 6.89. The van der Waals surface area contributed by atoms with Crippen molar-refractivity contribution in [2.75, 3.05) is 13.1 Å². The highest BCUT2D eigenvalue weighted by Crippen LogP contribution is 2.23. The Morgan fingerprint density at radius 3 is 2.55 bits per heavy atom. The number of carboxylic acids is 1. The van der Waals surface area contributed by atoms with E-state index in [0.29, 0.717) is 6.04 Å². The molecule has 1 aliphatic heterocycles. The first-order valence-electron chi connectivity index (χ1n) is 7.63. The van der Waals surface area contributed by atoms with E-state index >= 15 is 0 Å². The maximum absolute atomic E-state index is 11.0. The molecule has 3 nitrogen and oxygen atoms in total. The van der Waals surface area contributed by atoms with E-state index in [4.69, 9.17) is 5.11 Å². The molecule has 0 amide bonds. The quantitative estimate of drug-likeness (QED) is 0.897. The molecular weight excluding hydrogens is 250 g/mol. The fourth-order valence-electron chi connectivity index (χ4n) is 3.14. The van der Waals surface area contributed by atoms with Crippen molar-refractivity contribution in [3.05, 3.63) is 35.4 Å². The van der Waals surface area contributed by atoms with Crippen molar-refractivity contribution in [3.8, 4) is 0 Å². The van der Waals surface area contributed by atoms with Crippen LogP contribution in [0.2, 0.25) is 0 Å². The summed E-state index contributed by atoms with van der Waals surface area (Å²) in [5.74, 6) is -0.765. The molecule has 110 valence electrons. The molecule has 0 radical (unpaired) electrons. The molecule has 0 aliphatic carbocycles. The fourth-order valence-corrected chi connectivity index (χ4v) is 3.14. The molecule has 1 fully saturated rings. The third-order valence-corrected chi connectivity index (χ3v) is 4.58. The molecule has 1 heterocycles. The molecule has 3 heteroatoms. The van der Waals surface area contributed by atoms with Crippen molar-refractivity contribution in [1.82, 2.24) is 4.90 Å². The summed E-state index contributed by atoms with van der Waals surface area (Å²) in [5.41, 5.74) is 2.77. The van der Waals surface area contributed by atoms with E-state index in [1.165, 1.54) is 11.1 Å². The molecule has 1 aromatic rings. The summed E-state index contributed by atoms with van der Waals surface area (Å²) in [5, 5.41) is 9.07. The number of rotatable bonds is 5. The van der Waals surface area contributed by atoms with Gasteiger partial charge in [0.15, 0.2) is 0 Å². The molecule has 1 unspecified atom stereocenters. The van der Waals surface area contributed by atoms with Crippen LogP contribution in [0.3, 0.4) is 0 Å². The van der Waals surface area contributed by atoms with Crippen molar-refractivity contribution >= 4 is 5.97 Å². The van der Waals surface area contributed by atoms with Crippen LogP contribution in [-0.2, 0) is 11.2 Å². The van der Waals surface area contributed by atoms with Crippen LogP contribution in [-0.4, -0.2) is 35.1 Å². The average molecular weight is 275 g/mol. The van der Waals surface area contributed by atoms with Crippen molar-refractivity contribution in [2.24, 2.45) is 5.92 Å². The molecule has 1 aromatic carbocycles. The van der Waals surface area contributed by atoms with Crippen molar-refractivity contribution in [1.29, 1.82) is 0 Å². The molecule has 1 N–H and O–H groups in total. The van der Waals surface area contributed by atoms with Crippen LogP contribution in [0.1, 0.15) is 37.3 Å². The van der Waals surface area contributed by atoms with Gasteiger partial charge in [-0.1, -0.05) is 31.2 Å². The first kappa shape index (κ1) is 15.0. The Labute approximate surface area is 121 Å². The number of aryl methyl sites for hydroxylation is 1. The number of hydrogen-bond donors (Lipinski definition) is 1. The number of benzene rings is 1. The Morgan fingerprint density at radius 2 is 2.00 bits per heavy atom. The van der Waals surface area contributed by atoms with Crippen LogP contribution in [0.5, 0.6) is 0 Å². The number of likely N-dealkylation sites (tertiary alicyclic amines) is 1. The molecule has 20 heavy (non-hydrogen) atoms. The van der Waals surface area contributed by atoms with E-state index < -0.39 is 5.97 Å². The summed E-state index contributed by atoms with van der Waals surface area (Å²) in [6.45, 7) is 6.23. The Bertz CT molecular complexity index is 450. The molecular formula is C17H25NO2. The van der Waals surface area contributed by atoms with Gasteiger partial charge in [-0.05, 0) is 56.8 Å². The van der Waals surface area contributed by atoms with Gasteiger partial charge in [-0.2, -0.15) is 0 Å². The normalized spacial score (nSPS) is 18.9. The number of carbonyl (C=O) groups is 1. The Kier molecular flexibility index (Phi) is 5.18. The second-order valence-electron chi connectivity index (χ2n) is 5.84. The van der Waals surface area contributed by atoms with Crippen LogP contribution in [0.4, 0.5) is 0 Å². The van der Waals surface area contributed by atoms with Gasteiger partial charge in [0, 0.05) is 6.04 Å². The van der Waals surface area contributed by atoms with E-state index in [1.807, 2.05) is 0 Å². The Hall–Kier alpha value is -1.35. The highest BCUT2D eigenvalue weighted by Gasteiger charge is 2.27. The molecule has 1 atom stereocenters. The first-order valence-corrected chi connectivity index (χ1v) is 7.63. The van der Waals surface area contributed by atoms with E-state index in [0.717, 1.165) is 38.8 Å². The molecule has 0 bridgehead atoms. The van der Waals surface area contributed by atoms with Crippen LogP contribution in [0.15, 0.2) is 24.3 Å². The number of carboxylic acid groups (broad SMARTS) is 1. The van der Waals surface area contributed by atoms with Gasteiger partial charge >= 0.3 is 5.97 Å². The monoisotopic (exact) mass is 275 g/mol. The lowest BCUT2D eigenvalue weighted by molar-refractivity contribution is -0.143. The van der Waals surface area contributed by atoms with Crippen LogP contribution >= 0.6 is 0 Å². The van der Waals surface area contributed by atoms with Gasteiger partial charge in [0.25, 0.3) is 0 Å². The minimum absolute atomic E-state index is 0.137. The standard InChI is InChI=1S/C17H25NO2/c1-3-16(12-15-7-5-4-6-13(15)2)18-10-8-14(9-11-18)17(19)20/h4-7,14,16H,3,8-12H2,1-2H3,(H,19,20). The third-order valence-electron chi connectivity index (χ3n) is 4.58.